The molecule has 4 nitrogen and oxygen atoms in total. The minimum Gasteiger partial charge on any atom is -0.384 e. The van der Waals surface area contributed by atoms with E-state index in [1.54, 1.807) is 16.0 Å². The number of thiazole rings is 1. The zero-order chi connectivity index (χ0) is 10.4. The van der Waals surface area contributed by atoms with E-state index in [0.29, 0.717) is 11.7 Å². The highest BCUT2D eigenvalue weighted by atomic mass is 32.1. The van der Waals surface area contributed by atoms with Gasteiger partial charge in [-0.25, -0.2) is 4.98 Å². The standard InChI is InChI=1S/C10H12N4S/c1-14-8(11)4-7(13-14)10-9(6-2-3-6)12-5-15-10/h4-6H,2-3,11H2,1H3. The van der Waals surface area contributed by atoms with Gasteiger partial charge in [0.25, 0.3) is 0 Å². The van der Waals surface area contributed by atoms with Gasteiger partial charge in [-0.1, -0.05) is 0 Å². The first-order chi connectivity index (χ1) is 7.25. The number of anilines is 1. The second-order valence-corrected chi connectivity index (χ2v) is 4.77. The van der Waals surface area contributed by atoms with Gasteiger partial charge in [0.2, 0.25) is 0 Å². The summed E-state index contributed by atoms with van der Waals surface area (Å²) in [5.74, 6) is 1.36. The maximum atomic E-state index is 5.77. The molecule has 1 aliphatic rings. The molecule has 1 aliphatic carbocycles. The molecule has 0 saturated heterocycles. The molecule has 0 amide bonds. The summed E-state index contributed by atoms with van der Waals surface area (Å²) in [6.07, 6.45) is 2.53. The molecule has 0 aromatic carbocycles. The molecule has 0 bridgehead atoms. The van der Waals surface area contributed by atoms with E-state index in [2.05, 4.69) is 10.1 Å². The summed E-state index contributed by atoms with van der Waals surface area (Å²) in [5, 5.41) is 4.39. The molecule has 5 heteroatoms. The number of nitrogens with two attached hydrogens (primary N) is 1. The Bertz CT molecular complexity index is 476. The number of hydrogen-bond acceptors (Lipinski definition) is 4. The molecule has 0 aliphatic heterocycles. The zero-order valence-electron chi connectivity index (χ0n) is 8.47. The molecule has 1 saturated carbocycles. The van der Waals surface area contributed by atoms with Crippen LogP contribution < -0.4 is 5.73 Å². The van der Waals surface area contributed by atoms with Crippen molar-refractivity contribution in [3.8, 4) is 10.6 Å². The van der Waals surface area contributed by atoms with Gasteiger partial charge in [-0.2, -0.15) is 5.10 Å². The molecule has 2 aromatic rings. The number of aryl methyl sites for hydroxylation is 1. The van der Waals surface area contributed by atoms with E-state index in [1.165, 1.54) is 23.4 Å². The minimum atomic E-state index is 0.662. The van der Waals surface area contributed by atoms with Crippen LogP contribution in [0.3, 0.4) is 0 Å². The predicted octanol–water partition coefficient (Wildman–Crippen LogP) is 2.00. The Kier molecular flexibility index (Phi) is 1.82. The summed E-state index contributed by atoms with van der Waals surface area (Å²) >= 11 is 1.65. The van der Waals surface area contributed by atoms with Gasteiger partial charge in [0.1, 0.15) is 11.5 Å². The third-order valence-corrected chi connectivity index (χ3v) is 3.57. The van der Waals surface area contributed by atoms with Crippen LogP contribution in [0, 0.1) is 0 Å². The minimum absolute atomic E-state index is 0.662. The van der Waals surface area contributed by atoms with Gasteiger partial charge in [-0.3, -0.25) is 4.68 Å². The van der Waals surface area contributed by atoms with Crippen LogP contribution in [0.4, 0.5) is 5.82 Å². The molecule has 0 unspecified atom stereocenters. The van der Waals surface area contributed by atoms with Crippen LogP contribution in [0.1, 0.15) is 24.5 Å². The summed E-state index contributed by atoms with van der Waals surface area (Å²) in [7, 11) is 1.86. The summed E-state index contributed by atoms with van der Waals surface area (Å²) in [4.78, 5) is 5.61. The smallest absolute Gasteiger partial charge is 0.121 e. The topological polar surface area (TPSA) is 56.7 Å². The average Bonchev–Trinajstić information content (AvgIpc) is 2.85. The highest BCUT2D eigenvalue weighted by Gasteiger charge is 2.29. The molecule has 0 spiro atoms. The lowest BCUT2D eigenvalue weighted by molar-refractivity contribution is 0.782. The lowest BCUT2D eigenvalue weighted by Gasteiger charge is -1.95. The van der Waals surface area contributed by atoms with Crippen molar-refractivity contribution in [3.05, 3.63) is 17.3 Å². The lowest BCUT2D eigenvalue weighted by atomic mass is 10.2. The van der Waals surface area contributed by atoms with E-state index in [1.807, 2.05) is 18.6 Å². The lowest BCUT2D eigenvalue weighted by Crippen LogP contribution is -1.96. The van der Waals surface area contributed by atoms with Gasteiger partial charge >= 0.3 is 0 Å². The van der Waals surface area contributed by atoms with Gasteiger partial charge < -0.3 is 5.73 Å². The zero-order valence-corrected chi connectivity index (χ0v) is 9.29. The molecule has 2 N–H and O–H groups in total. The van der Waals surface area contributed by atoms with Crippen molar-refractivity contribution < 1.29 is 0 Å². The van der Waals surface area contributed by atoms with Crippen LogP contribution in [0.5, 0.6) is 0 Å². The van der Waals surface area contributed by atoms with Crippen molar-refractivity contribution in [2.45, 2.75) is 18.8 Å². The first-order valence-electron chi connectivity index (χ1n) is 4.99. The quantitative estimate of drug-likeness (QED) is 0.842. The molecular weight excluding hydrogens is 208 g/mol. The Morgan fingerprint density at radius 1 is 1.53 bits per heavy atom. The van der Waals surface area contributed by atoms with Gasteiger partial charge in [0.05, 0.1) is 16.1 Å². The molecule has 0 atom stereocenters. The molecule has 0 radical (unpaired) electrons. The Balaban J connectivity index is 2.07. The van der Waals surface area contributed by atoms with E-state index in [4.69, 9.17) is 5.73 Å². The third-order valence-electron chi connectivity index (χ3n) is 2.71. The Labute approximate surface area is 91.7 Å². The van der Waals surface area contributed by atoms with Crippen LogP contribution in [-0.2, 0) is 7.05 Å². The van der Waals surface area contributed by atoms with E-state index in [-0.39, 0.29) is 0 Å². The predicted molar refractivity (Wildman–Crippen MR) is 60.7 cm³/mol. The fraction of sp³-hybridized carbons (Fsp3) is 0.400. The average molecular weight is 220 g/mol. The Hall–Kier alpha value is -1.36. The SMILES string of the molecule is Cn1nc(-c2scnc2C2CC2)cc1N. The second kappa shape index (κ2) is 3.06. The maximum Gasteiger partial charge on any atom is 0.121 e. The van der Waals surface area contributed by atoms with E-state index >= 15 is 0 Å². The van der Waals surface area contributed by atoms with Crippen LogP contribution in [0.15, 0.2) is 11.6 Å². The summed E-state index contributed by atoms with van der Waals surface area (Å²) in [6, 6.07) is 1.92. The van der Waals surface area contributed by atoms with Crippen LogP contribution in [0.25, 0.3) is 10.6 Å². The Morgan fingerprint density at radius 2 is 2.33 bits per heavy atom. The summed E-state index contributed by atoms with van der Waals surface area (Å²) in [5.41, 5.74) is 9.83. The van der Waals surface area contributed by atoms with E-state index in [0.717, 1.165) is 5.69 Å². The normalized spacial score (nSPS) is 15.8. The van der Waals surface area contributed by atoms with Crippen molar-refractivity contribution >= 4 is 17.2 Å². The van der Waals surface area contributed by atoms with Crippen molar-refractivity contribution in [2.24, 2.45) is 7.05 Å². The van der Waals surface area contributed by atoms with Crippen molar-refractivity contribution in [1.29, 1.82) is 0 Å². The van der Waals surface area contributed by atoms with E-state index < -0.39 is 0 Å². The molecule has 2 aromatic heterocycles. The van der Waals surface area contributed by atoms with Gasteiger partial charge in [0.15, 0.2) is 0 Å². The molecule has 3 rings (SSSR count). The highest BCUT2D eigenvalue weighted by molar-refractivity contribution is 7.13. The Morgan fingerprint density at radius 3 is 2.93 bits per heavy atom. The van der Waals surface area contributed by atoms with Crippen molar-refractivity contribution in [2.75, 3.05) is 5.73 Å². The number of nitrogens with zero attached hydrogens (tertiary/aromatic N) is 3. The van der Waals surface area contributed by atoms with Gasteiger partial charge in [-0.15, -0.1) is 11.3 Å². The second-order valence-electron chi connectivity index (χ2n) is 3.92. The molecule has 15 heavy (non-hydrogen) atoms. The molecule has 1 fully saturated rings. The fourth-order valence-corrected chi connectivity index (χ4v) is 2.52. The van der Waals surface area contributed by atoms with E-state index in [9.17, 15) is 0 Å². The summed E-state index contributed by atoms with van der Waals surface area (Å²) < 4.78 is 1.70. The summed E-state index contributed by atoms with van der Waals surface area (Å²) in [6.45, 7) is 0. The van der Waals surface area contributed by atoms with Gasteiger partial charge in [-0.05, 0) is 12.8 Å². The van der Waals surface area contributed by atoms with Crippen LogP contribution in [-0.4, -0.2) is 14.8 Å². The number of nitrogen functional groups attached to an aromatic ring is 1. The molecular formula is C10H12N4S. The number of rotatable bonds is 2. The third kappa shape index (κ3) is 1.43. The van der Waals surface area contributed by atoms with Crippen molar-refractivity contribution in [1.82, 2.24) is 14.8 Å². The van der Waals surface area contributed by atoms with Crippen LogP contribution >= 0.6 is 11.3 Å². The molecule has 2 heterocycles. The monoisotopic (exact) mass is 220 g/mol. The number of aromatic nitrogens is 3. The highest BCUT2D eigenvalue weighted by Crippen LogP contribution is 2.44. The first kappa shape index (κ1) is 8.91. The van der Waals surface area contributed by atoms with Gasteiger partial charge in [0, 0.05) is 19.0 Å². The largest absolute Gasteiger partial charge is 0.384 e. The maximum absolute atomic E-state index is 5.77. The number of hydrogen-bond donors (Lipinski definition) is 1. The fourth-order valence-electron chi connectivity index (χ4n) is 1.69. The first-order valence-corrected chi connectivity index (χ1v) is 5.87. The molecule has 78 valence electrons. The van der Waals surface area contributed by atoms with Crippen LogP contribution in [0.2, 0.25) is 0 Å². The van der Waals surface area contributed by atoms with Crippen molar-refractivity contribution in [3.63, 3.8) is 0 Å².